The Morgan fingerprint density at radius 3 is 2.50 bits per heavy atom. The molecule has 0 aliphatic carbocycles. The first-order valence-electron chi connectivity index (χ1n) is 6.34. The third kappa shape index (κ3) is 3.13. The number of nitrogens with zero attached hydrogens (tertiary/aromatic N) is 1. The summed E-state index contributed by atoms with van der Waals surface area (Å²) in [5.74, 6) is -0.114. The Hall–Kier alpha value is -1.14. The molecule has 1 heterocycles. The summed E-state index contributed by atoms with van der Waals surface area (Å²) in [6.45, 7) is 0. The van der Waals surface area contributed by atoms with Gasteiger partial charge < -0.3 is 0 Å². The molecule has 0 bridgehead atoms. The summed E-state index contributed by atoms with van der Waals surface area (Å²) in [5, 5.41) is 0.665. The SMILES string of the molecule is O=C1/C(=C\c2ccc(Cl)cc2)SC(=S)N1c1ccccc1Br. The Labute approximate surface area is 151 Å². The molecule has 0 atom stereocenters. The average molecular weight is 411 g/mol. The Morgan fingerprint density at radius 1 is 1.14 bits per heavy atom. The van der Waals surface area contributed by atoms with Gasteiger partial charge in [0.25, 0.3) is 5.91 Å². The van der Waals surface area contributed by atoms with Crippen molar-refractivity contribution in [1.82, 2.24) is 0 Å². The fourth-order valence-corrected chi connectivity index (χ4v) is 3.89. The molecule has 110 valence electrons. The van der Waals surface area contributed by atoms with Gasteiger partial charge in [-0.3, -0.25) is 9.69 Å². The summed E-state index contributed by atoms with van der Waals surface area (Å²) in [6.07, 6.45) is 1.83. The van der Waals surface area contributed by atoms with E-state index < -0.39 is 0 Å². The van der Waals surface area contributed by atoms with Gasteiger partial charge in [0.05, 0.1) is 10.6 Å². The lowest BCUT2D eigenvalue weighted by atomic mass is 10.2. The fourth-order valence-electron chi connectivity index (χ4n) is 2.02. The largest absolute Gasteiger partial charge is 0.270 e. The topological polar surface area (TPSA) is 20.3 Å². The van der Waals surface area contributed by atoms with Crippen molar-refractivity contribution < 1.29 is 4.79 Å². The Morgan fingerprint density at radius 2 is 1.82 bits per heavy atom. The zero-order valence-electron chi connectivity index (χ0n) is 11.1. The van der Waals surface area contributed by atoms with Crippen molar-refractivity contribution >= 4 is 73.5 Å². The van der Waals surface area contributed by atoms with E-state index in [-0.39, 0.29) is 5.91 Å². The molecule has 0 N–H and O–H groups in total. The predicted molar refractivity (Wildman–Crippen MR) is 101 cm³/mol. The zero-order valence-corrected chi connectivity index (χ0v) is 15.1. The third-order valence-corrected chi connectivity index (χ3v) is 5.28. The van der Waals surface area contributed by atoms with E-state index in [1.807, 2.05) is 42.5 Å². The number of thiocarbonyl (C=S) groups is 1. The molecule has 0 unspecified atom stereocenters. The molecule has 1 amide bonds. The lowest BCUT2D eigenvalue weighted by Gasteiger charge is -2.15. The first-order chi connectivity index (χ1) is 10.6. The molecule has 6 heteroatoms. The summed E-state index contributed by atoms with van der Waals surface area (Å²) in [4.78, 5) is 14.8. The smallest absolute Gasteiger partial charge is 0.268 e. The molecular weight excluding hydrogens is 402 g/mol. The predicted octanol–water partition coefficient (Wildman–Crippen LogP) is 5.51. The molecule has 1 saturated heterocycles. The highest BCUT2D eigenvalue weighted by atomic mass is 79.9. The van der Waals surface area contributed by atoms with Gasteiger partial charge in [0.2, 0.25) is 0 Å². The number of hydrogen-bond donors (Lipinski definition) is 0. The van der Waals surface area contributed by atoms with Gasteiger partial charge >= 0.3 is 0 Å². The second-order valence-electron chi connectivity index (χ2n) is 4.52. The van der Waals surface area contributed by atoms with Crippen molar-refractivity contribution in [3.63, 3.8) is 0 Å². The van der Waals surface area contributed by atoms with Crippen molar-refractivity contribution in [2.24, 2.45) is 0 Å². The van der Waals surface area contributed by atoms with Crippen LogP contribution in [0.15, 0.2) is 57.9 Å². The molecular formula is C16H9BrClNOS2. The van der Waals surface area contributed by atoms with Gasteiger partial charge in [0, 0.05) is 9.50 Å². The molecule has 1 aliphatic rings. The fraction of sp³-hybridized carbons (Fsp3) is 0. The van der Waals surface area contributed by atoms with E-state index in [0.29, 0.717) is 14.2 Å². The van der Waals surface area contributed by atoms with E-state index in [0.717, 1.165) is 15.7 Å². The van der Waals surface area contributed by atoms with Crippen LogP contribution in [-0.4, -0.2) is 10.2 Å². The number of amides is 1. The molecule has 1 aliphatic heterocycles. The van der Waals surface area contributed by atoms with E-state index in [1.54, 1.807) is 17.0 Å². The Balaban J connectivity index is 1.95. The van der Waals surface area contributed by atoms with Gasteiger partial charge in [-0.15, -0.1) is 0 Å². The summed E-state index contributed by atoms with van der Waals surface area (Å²) in [5.41, 5.74) is 1.67. The molecule has 2 aromatic carbocycles. The molecule has 22 heavy (non-hydrogen) atoms. The molecule has 1 fully saturated rings. The number of carbonyl (C=O) groups is 1. The summed E-state index contributed by atoms with van der Waals surface area (Å²) in [6, 6.07) is 14.8. The van der Waals surface area contributed by atoms with Crippen LogP contribution < -0.4 is 4.90 Å². The minimum atomic E-state index is -0.114. The number of benzene rings is 2. The van der Waals surface area contributed by atoms with Crippen LogP contribution in [0.2, 0.25) is 5.02 Å². The van der Waals surface area contributed by atoms with Crippen molar-refractivity contribution in [3.05, 3.63) is 68.5 Å². The Kier molecular flexibility index (Phi) is 4.68. The number of anilines is 1. The average Bonchev–Trinajstić information content (AvgIpc) is 2.77. The number of halogens is 2. The first-order valence-corrected chi connectivity index (χ1v) is 8.74. The minimum absolute atomic E-state index is 0.114. The molecule has 0 aromatic heterocycles. The molecule has 2 nitrogen and oxygen atoms in total. The van der Waals surface area contributed by atoms with E-state index in [9.17, 15) is 4.79 Å². The van der Waals surface area contributed by atoms with Crippen molar-refractivity contribution in [2.75, 3.05) is 4.90 Å². The number of rotatable bonds is 2. The summed E-state index contributed by atoms with van der Waals surface area (Å²) in [7, 11) is 0. The number of carbonyl (C=O) groups excluding carboxylic acids is 1. The van der Waals surface area contributed by atoms with Crippen molar-refractivity contribution in [2.45, 2.75) is 0 Å². The molecule has 2 aromatic rings. The van der Waals surface area contributed by atoms with Gasteiger partial charge in [-0.25, -0.2) is 0 Å². The maximum Gasteiger partial charge on any atom is 0.270 e. The Bertz CT molecular complexity index is 789. The quantitative estimate of drug-likeness (QED) is 0.481. The minimum Gasteiger partial charge on any atom is -0.268 e. The van der Waals surface area contributed by atoms with Gasteiger partial charge in [0.15, 0.2) is 4.32 Å². The van der Waals surface area contributed by atoms with Crippen LogP contribution in [0.3, 0.4) is 0 Å². The molecule has 3 rings (SSSR count). The molecule has 0 saturated carbocycles. The standard InChI is InChI=1S/C16H9BrClNOS2/c17-12-3-1-2-4-13(12)19-15(20)14(22-16(19)21)9-10-5-7-11(18)8-6-10/h1-9H/b14-9+. The van der Waals surface area contributed by atoms with E-state index in [2.05, 4.69) is 15.9 Å². The second kappa shape index (κ2) is 6.54. The van der Waals surface area contributed by atoms with E-state index >= 15 is 0 Å². The van der Waals surface area contributed by atoms with E-state index in [1.165, 1.54) is 11.8 Å². The van der Waals surface area contributed by atoms with Gasteiger partial charge in [-0.2, -0.15) is 0 Å². The van der Waals surface area contributed by atoms with Crippen LogP contribution in [0.5, 0.6) is 0 Å². The molecule has 0 spiro atoms. The monoisotopic (exact) mass is 409 g/mol. The highest BCUT2D eigenvalue weighted by Crippen LogP contribution is 2.38. The first kappa shape index (κ1) is 15.7. The zero-order chi connectivity index (χ0) is 15.7. The number of para-hydroxylation sites is 1. The maximum atomic E-state index is 12.6. The van der Waals surface area contributed by atoms with Crippen LogP contribution >= 0.6 is 51.5 Å². The van der Waals surface area contributed by atoms with Crippen molar-refractivity contribution in [3.8, 4) is 0 Å². The van der Waals surface area contributed by atoms with Crippen LogP contribution in [-0.2, 0) is 4.79 Å². The van der Waals surface area contributed by atoms with Gasteiger partial charge in [-0.1, -0.05) is 59.8 Å². The normalized spacial score (nSPS) is 16.6. The molecule has 0 radical (unpaired) electrons. The highest BCUT2D eigenvalue weighted by Gasteiger charge is 2.34. The number of thioether (sulfide) groups is 1. The van der Waals surface area contributed by atoms with Gasteiger partial charge in [0.1, 0.15) is 0 Å². The summed E-state index contributed by atoms with van der Waals surface area (Å²) >= 11 is 16.0. The van der Waals surface area contributed by atoms with Crippen LogP contribution in [0.4, 0.5) is 5.69 Å². The lowest BCUT2D eigenvalue weighted by molar-refractivity contribution is -0.113. The number of hydrogen-bond acceptors (Lipinski definition) is 3. The summed E-state index contributed by atoms with van der Waals surface area (Å²) < 4.78 is 1.36. The van der Waals surface area contributed by atoms with E-state index in [4.69, 9.17) is 23.8 Å². The second-order valence-corrected chi connectivity index (χ2v) is 7.49. The van der Waals surface area contributed by atoms with Crippen LogP contribution in [0.25, 0.3) is 6.08 Å². The third-order valence-electron chi connectivity index (χ3n) is 3.05. The lowest BCUT2D eigenvalue weighted by Crippen LogP contribution is -2.27. The highest BCUT2D eigenvalue weighted by molar-refractivity contribution is 9.10. The van der Waals surface area contributed by atoms with Crippen molar-refractivity contribution in [1.29, 1.82) is 0 Å². The van der Waals surface area contributed by atoms with Crippen LogP contribution in [0.1, 0.15) is 5.56 Å². The van der Waals surface area contributed by atoms with Gasteiger partial charge in [-0.05, 0) is 51.8 Å². The maximum absolute atomic E-state index is 12.6. The van der Waals surface area contributed by atoms with Crippen LogP contribution in [0, 0.1) is 0 Å².